The van der Waals surface area contributed by atoms with Gasteiger partial charge in [0.15, 0.2) is 0 Å². The highest BCUT2D eigenvalue weighted by Crippen LogP contribution is 2.22. The Morgan fingerprint density at radius 1 is 1.43 bits per heavy atom. The zero-order valence-corrected chi connectivity index (χ0v) is 13.7. The minimum atomic E-state index is -0.383. The van der Waals surface area contributed by atoms with Gasteiger partial charge in [-0.15, -0.1) is 11.3 Å². The second-order valence-corrected chi connectivity index (χ2v) is 6.87. The average molecular weight is 309 g/mol. The molecule has 0 saturated carbocycles. The fourth-order valence-electron chi connectivity index (χ4n) is 2.65. The summed E-state index contributed by atoms with van der Waals surface area (Å²) in [7, 11) is 0. The van der Waals surface area contributed by atoms with Gasteiger partial charge < -0.3 is 10.2 Å². The number of amides is 2. The lowest BCUT2D eigenvalue weighted by Crippen LogP contribution is -2.63. The van der Waals surface area contributed by atoms with E-state index in [9.17, 15) is 9.59 Å². The van der Waals surface area contributed by atoms with Crippen molar-refractivity contribution in [2.75, 3.05) is 0 Å². The molecule has 1 aliphatic rings. The van der Waals surface area contributed by atoms with E-state index >= 15 is 0 Å². The molecule has 2 amide bonds. The van der Waals surface area contributed by atoms with Gasteiger partial charge in [-0.2, -0.15) is 0 Å². The average Bonchev–Trinajstić information content (AvgIpc) is 2.92. The fraction of sp³-hybridized carbons (Fsp3) is 0.667. The van der Waals surface area contributed by atoms with E-state index in [-0.39, 0.29) is 23.9 Å². The van der Waals surface area contributed by atoms with Gasteiger partial charge in [0.05, 0.1) is 6.54 Å². The van der Waals surface area contributed by atoms with Gasteiger partial charge in [0.25, 0.3) is 0 Å². The number of hydrogen-bond donors (Lipinski definition) is 1. The third-order valence-electron chi connectivity index (χ3n) is 3.64. The SMILES string of the molecule is CCCC1NC(=O)C(CC(C)C)N(Cc2nccs2)C1=O. The van der Waals surface area contributed by atoms with E-state index in [4.69, 9.17) is 0 Å². The monoisotopic (exact) mass is 309 g/mol. The van der Waals surface area contributed by atoms with E-state index in [1.807, 2.05) is 12.3 Å². The van der Waals surface area contributed by atoms with E-state index in [0.29, 0.717) is 25.3 Å². The highest BCUT2D eigenvalue weighted by molar-refractivity contribution is 7.09. The molecule has 21 heavy (non-hydrogen) atoms. The molecule has 0 bridgehead atoms. The first-order valence-corrected chi connectivity index (χ1v) is 8.40. The molecule has 1 aliphatic heterocycles. The molecule has 2 atom stereocenters. The van der Waals surface area contributed by atoms with Gasteiger partial charge in [0, 0.05) is 11.6 Å². The molecule has 2 rings (SSSR count). The maximum absolute atomic E-state index is 12.7. The van der Waals surface area contributed by atoms with Crippen LogP contribution in [-0.2, 0) is 16.1 Å². The second-order valence-electron chi connectivity index (χ2n) is 5.89. The van der Waals surface area contributed by atoms with Crippen molar-refractivity contribution in [3.8, 4) is 0 Å². The topological polar surface area (TPSA) is 62.3 Å². The molecule has 5 nitrogen and oxygen atoms in total. The van der Waals surface area contributed by atoms with Gasteiger partial charge in [-0.25, -0.2) is 4.98 Å². The Morgan fingerprint density at radius 2 is 2.19 bits per heavy atom. The summed E-state index contributed by atoms with van der Waals surface area (Å²) in [6.07, 6.45) is 3.97. The first-order valence-electron chi connectivity index (χ1n) is 7.52. The summed E-state index contributed by atoms with van der Waals surface area (Å²) in [4.78, 5) is 31.0. The minimum absolute atomic E-state index is 0.0253. The van der Waals surface area contributed by atoms with Crippen LogP contribution in [0.4, 0.5) is 0 Å². The van der Waals surface area contributed by atoms with E-state index in [2.05, 4.69) is 24.1 Å². The minimum Gasteiger partial charge on any atom is -0.343 e. The van der Waals surface area contributed by atoms with Gasteiger partial charge in [-0.3, -0.25) is 9.59 Å². The molecule has 2 unspecified atom stereocenters. The summed E-state index contributed by atoms with van der Waals surface area (Å²) in [5.74, 6) is 0.352. The number of carbonyl (C=O) groups excluding carboxylic acids is 2. The molecule has 1 saturated heterocycles. The van der Waals surface area contributed by atoms with Gasteiger partial charge >= 0.3 is 0 Å². The maximum Gasteiger partial charge on any atom is 0.246 e. The number of carbonyl (C=O) groups is 2. The summed E-state index contributed by atoms with van der Waals surface area (Å²) < 4.78 is 0. The third-order valence-corrected chi connectivity index (χ3v) is 4.40. The van der Waals surface area contributed by atoms with Crippen molar-refractivity contribution in [1.29, 1.82) is 0 Å². The van der Waals surface area contributed by atoms with Crippen LogP contribution >= 0.6 is 11.3 Å². The Hall–Kier alpha value is -1.43. The van der Waals surface area contributed by atoms with Crippen LogP contribution < -0.4 is 5.32 Å². The van der Waals surface area contributed by atoms with Gasteiger partial charge in [-0.1, -0.05) is 27.2 Å². The summed E-state index contributed by atoms with van der Waals surface area (Å²) in [5.41, 5.74) is 0. The number of nitrogens with zero attached hydrogens (tertiary/aromatic N) is 2. The molecule has 1 N–H and O–H groups in total. The molecule has 1 fully saturated rings. The number of thiazole rings is 1. The molecular formula is C15H23N3O2S. The largest absolute Gasteiger partial charge is 0.343 e. The van der Waals surface area contributed by atoms with Crippen LogP contribution in [0.3, 0.4) is 0 Å². The lowest BCUT2D eigenvalue weighted by Gasteiger charge is -2.39. The smallest absolute Gasteiger partial charge is 0.246 e. The standard InChI is InChI=1S/C15H23N3O2S/c1-4-5-11-15(20)18(9-13-16-6-7-21-13)12(8-10(2)3)14(19)17-11/h6-7,10-12H,4-5,8-9H2,1-3H3,(H,17,19). The van der Waals surface area contributed by atoms with Crippen LogP contribution in [0.2, 0.25) is 0 Å². The van der Waals surface area contributed by atoms with Crippen LogP contribution in [0.5, 0.6) is 0 Å². The summed E-state index contributed by atoms with van der Waals surface area (Å²) in [5, 5.41) is 5.66. The van der Waals surface area contributed by atoms with E-state index in [1.165, 1.54) is 11.3 Å². The Morgan fingerprint density at radius 3 is 2.76 bits per heavy atom. The van der Waals surface area contributed by atoms with Crippen LogP contribution in [0.25, 0.3) is 0 Å². The number of nitrogens with one attached hydrogen (secondary N) is 1. The second kappa shape index (κ2) is 7.02. The van der Waals surface area contributed by atoms with Crippen LogP contribution in [0, 0.1) is 5.92 Å². The van der Waals surface area contributed by atoms with Crippen molar-refractivity contribution in [2.24, 2.45) is 5.92 Å². The zero-order chi connectivity index (χ0) is 15.4. The predicted octanol–water partition coefficient (Wildman–Crippen LogP) is 2.18. The van der Waals surface area contributed by atoms with Crippen molar-refractivity contribution in [3.63, 3.8) is 0 Å². The van der Waals surface area contributed by atoms with Crippen molar-refractivity contribution >= 4 is 23.2 Å². The summed E-state index contributed by atoms with van der Waals surface area (Å²) >= 11 is 1.52. The van der Waals surface area contributed by atoms with Crippen LogP contribution in [0.15, 0.2) is 11.6 Å². The number of aromatic nitrogens is 1. The molecule has 1 aromatic heterocycles. The Bertz CT molecular complexity index is 487. The molecule has 6 heteroatoms. The molecule has 1 aromatic rings. The lowest BCUT2D eigenvalue weighted by molar-refractivity contribution is -0.150. The molecule has 0 aliphatic carbocycles. The molecule has 0 aromatic carbocycles. The highest BCUT2D eigenvalue weighted by atomic mass is 32.1. The van der Waals surface area contributed by atoms with Gasteiger partial charge in [-0.05, 0) is 18.8 Å². The Kier molecular flexibility index (Phi) is 5.33. The Balaban J connectivity index is 2.21. The fourth-order valence-corrected chi connectivity index (χ4v) is 3.27. The molecule has 0 spiro atoms. The lowest BCUT2D eigenvalue weighted by atomic mass is 9.96. The van der Waals surface area contributed by atoms with E-state index < -0.39 is 0 Å². The molecule has 2 heterocycles. The third kappa shape index (κ3) is 3.81. The normalized spacial score (nSPS) is 22.8. The maximum atomic E-state index is 12.7. The first kappa shape index (κ1) is 15.9. The number of rotatable bonds is 6. The summed E-state index contributed by atoms with van der Waals surface area (Å²) in [6.45, 7) is 6.58. The number of hydrogen-bond acceptors (Lipinski definition) is 4. The predicted molar refractivity (Wildman–Crippen MR) is 82.7 cm³/mol. The van der Waals surface area contributed by atoms with E-state index in [1.54, 1.807) is 11.1 Å². The van der Waals surface area contributed by atoms with Crippen molar-refractivity contribution in [2.45, 2.75) is 58.7 Å². The summed E-state index contributed by atoms with van der Waals surface area (Å²) in [6, 6.07) is -0.764. The van der Waals surface area contributed by atoms with Crippen LogP contribution in [-0.4, -0.2) is 33.8 Å². The molecular weight excluding hydrogens is 286 g/mol. The van der Waals surface area contributed by atoms with Gasteiger partial charge in [0.1, 0.15) is 17.1 Å². The van der Waals surface area contributed by atoms with E-state index in [0.717, 1.165) is 11.4 Å². The molecule has 116 valence electrons. The van der Waals surface area contributed by atoms with Gasteiger partial charge in [0.2, 0.25) is 11.8 Å². The highest BCUT2D eigenvalue weighted by Gasteiger charge is 2.40. The van der Waals surface area contributed by atoms with Crippen molar-refractivity contribution in [3.05, 3.63) is 16.6 Å². The molecule has 0 radical (unpaired) electrons. The van der Waals surface area contributed by atoms with Crippen molar-refractivity contribution in [1.82, 2.24) is 15.2 Å². The zero-order valence-electron chi connectivity index (χ0n) is 12.8. The Labute approximate surface area is 129 Å². The van der Waals surface area contributed by atoms with Crippen LogP contribution in [0.1, 0.15) is 45.0 Å². The number of piperazine rings is 1. The first-order chi connectivity index (χ1) is 10.0. The van der Waals surface area contributed by atoms with Crippen molar-refractivity contribution < 1.29 is 9.59 Å². The quantitative estimate of drug-likeness (QED) is 0.876.